The molecule has 4 nitrogen and oxygen atoms in total. The van der Waals surface area contributed by atoms with Crippen molar-refractivity contribution >= 4 is 46.5 Å². The number of nitrogens with zero attached hydrogens (tertiary/aromatic N) is 1. The minimum Gasteiger partial charge on any atom is -0.373 e. The smallest absolute Gasteiger partial charge is 0.267 e. The van der Waals surface area contributed by atoms with Crippen LogP contribution in [0.3, 0.4) is 0 Å². The van der Waals surface area contributed by atoms with Gasteiger partial charge in [0.1, 0.15) is 11.5 Å². The molecule has 22 heavy (non-hydrogen) atoms. The first-order chi connectivity index (χ1) is 10.4. The van der Waals surface area contributed by atoms with Crippen molar-refractivity contribution in [1.82, 2.24) is 4.98 Å². The second-order valence-corrected chi connectivity index (χ2v) is 5.18. The van der Waals surface area contributed by atoms with Gasteiger partial charge < -0.3 is 11.1 Å². The monoisotopic (exact) mass is 359 g/mol. The van der Waals surface area contributed by atoms with E-state index in [0.29, 0.717) is 32.0 Å². The minimum atomic E-state index is -0.608. The van der Waals surface area contributed by atoms with Crippen LogP contribution in [0.4, 0.5) is 5.82 Å². The van der Waals surface area contributed by atoms with Crippen molar-refractivity contribution < 1.29 is 4.79 Å². The maximum Gasteiger partial charge on any atom is 0.267 e. The van der Waals surface area contributed by atoms with Crippen molar-refractivity contribution in [2.75, 3.05) is 12.4 Å². The maximum absolute atomic E-state index is 11.2. The molecule has 1 aromatic heterocycles. The van der Waals surface area contributed by atoms with Crippen LogP contribution < -0.4 is 11.1 Å². The van der Waals surface area contributed by atoms with Gasteiger partial charge in [-0.15, -0.1) is 0 Å². The van der Waals surface area contributed by atoms with Crippen molar-refractivity contribution in [2.24, 2.45) is 5.73 Å². The second kappa shape index (κ2) is 8.22. The van der Waals surface area contributed by atoms with Gasteiger partial charge in [-0.05, 0) is 24.3 Å². The molecule has 0 spiro atoms. The van der Waals surface area contributed by atoms with Gasteiger partial charge in [-0.1, -0.05) is 48.7 Å². The molecule has 0 saturated carbocycles. The van der Waals surface area contributed by atoms with Crippen LogP contribution in [-0.4, -0.2) is 17.9 Å². The molecule has 3 N–H and O–H groups in total. The molecule has 0 unspecified atom stereocenters. The number of carbonyl (C=O) groups is 1. The van der Waals surface area contributed by atoms with Crippen LogP contribution in [0.1, 0.15) is 24.3 Å². The molecule has 118 valence electrons. The summed E-state index contributed by atoms with van der Waals surface area (Å²) in [6.07, 6.45) is 0. The number of carbonyl (C=O) groups excluding carboxylic acids is 1. The Morgan fingerprint density at radius 2 is 1.77 bits per heavy atom. The molecule has 0 aliphatic carbocycles. The second-order valence-electron chi connectivity index (χ2n) is 3.96. The quantitative estimate of drug-likeness (QED) is 0.767. The number of rotatable bonds is 3. The van der Waals surface area contributed by atoms with Crippen LogP contribution in [0.15, 0.2) is 24.3 Å². The summed E-state index contributed by atoms with van der Waals surface area (Å²) in [5.41, 5.74) is 6.66. The van der Waals surface area contributed by atoms with Gasteiger partial charge in [-0.25, -0.2) is 4.98 Å². The fourth-order valence-electron chi connectivity index (χ4n) is 1.76. The molecular formula is C15H16Cl3N3O. The fraction of sp³-hybridized carbons (Fsp3) is 0.200. The van der Waals surface area contributed by atoms with Crippen LogP contribution in [0.25, 0.3) is 11.1 Å². The SMILES string of the molecule is CC.CNc1nc(C(N)=O)ccc1-c1cc(Cl)cc(Cl)c1Cl. The largest absolute Gasteiger partial charge is 0.373 e. The van der Waals surface area contributed by atoms with Gasteiger partial charge in [0.15, 0.2) is 0 Å². The van der Waals surface area contributed by atoms with E-state index in [1.807, 2.05) is 13.8 Å². The molecule has 0 aliphatic rings. The first-order valence-electron chi connectivity index (χ1n) is 6.57. The lowest BCUT2D eigenvalue weighted by Crippen LogP contribution is -2.14. The molecule has 2 aromatic rings. The van der Waals surface area contributed by atoms with Crippen molar-refractivity contribution in [3.63, 3.8) is 0 Å². The van der Waals surface area contributed by atoms with E-state index in [4.69, 9.17) is 40.5 Å². The van der Waals surface area contributed by atoms with Gasteiger partial charge in [-0.2, -0.15) is 0 Å². The number of primary amides is 1. The number of hydrogen-bond donors (Lipinski definition) is 2. The lowest BCUT2D eigenvalue weighted by atomic mass is 10.1. The molecule has 2 rings (SSSR count). The molecule has 7 heteroatoms. The minimum absolute atomic E-state index is 0.155. The Morgan fingerprint density at radius 3 is 2.32 bits per heavy atom. The summed E-state index contributed by atoms with van der Waals surface area (Å²) in [5.74, 6) is -0.148. The highest BCUT2D eigenvalue weighted by molar-refractivity contribution is 6.45. The number of amides is 1. The number of pyridine rings is 1. The number of nitrogens with one attached hydrogen (secondary N) is 1. The molecule has 0 atom stereocenters. The highest BCUT2D eigenvalue weighted by Crippen LogP contribution is 2.38. The van der Waals surface area contributed by atoms with E-state index in [1.54, 1.807) is 25.2 Å². The van der Waals surface area contributed by atoms with Gasteiger partial charge in [-0.3, -0.25) is 4.79 Å². The summed E-state index contributed by atoms with van der Waals surface area (Å²) in [7, 11) is 1.68. The number of halogens is 3. The van der Waals surface area contributed by atoms with Crippen LogP contribution in [-0.2, 0) is 0 Å². The maximum atomic E-state index is 11.2. The summed E-state index contributed by atoms with van der Waals surface area (Å²) in [5, 5.41) is 4.05. The lowest BCUT2D eigenvalue weighted by Gasteiger charge is -2.12. The zero-order valence-corrected chi connectivity index (χ0v) is 14.6. The van der Waals surface area contributed by atoms with E-state index in [-0.39, 0.29) is 5.69 Å². The topological polar surface area (TPSA) is 68.0 Å². The van der Waals surface area contributed by atoms with E-state index < -0.39 is 5.91 Å². The van der Waals surface area contributed by atoms with Crippen molar-refractivity contribution in [2.45, 2.75) is 13.8 Å². The lowest BCUT2D eigenvalue weighted by molar-refractivity contribution is 0.0996. The number of hydrogen-bond acceptors (Lipinski definition) is 3. The Kier molecular flexibility index (Phi) is 6.94. The first kappa shape index (κ1) is 18.6. The van der Waals surface area contributed by atoms with Gasteiger partial charge in [0.05, 0.1) is 10.0 Å². The van der Waals surface area contributed by atoms with Gasteiger partial charge in [0, 0.05) is 23.2 Å². The van der Waals surface area contributed by atoms with Gasteiger partial charge in [0.25, 0.3) is 5.91 Å². The Morgan fingerprint density at radius 1 is 1.14 bits per heavy atom. The average molecular weight is 361 g/mol. The van der Waals surface area contributed by atoms with Crippen LogP contribution in [0.5, 0.6) is 0 Å². The molecule has 0 saturated heterocycles. The van der Waals surface area contributed by atoms with Gasteiger partial charge in [0.2, 0.25) is 0 Å². The standard InChI is InChI=1S/C13H10Cl3N3O.C2H6/c1-18-13-7(2-3-10(19-13)12(17)20)8-4-6(14)5-9(15)11(8)16;1-2/h2-5H,1H3,(H2,17,20)(H,18,19);1-2H3. The summed E-state index contributed by atoms with van der Waals surface area (Å²) < 4.78 is 0. The third-order valence-corrected chi connectivity index (χ3v) is 3.69. The molecule has 0 radical (unpaired) electrons. The molecule has 0 bridgehead atoms. The Labute approximate surface area is 144 Å². The van der Waals surface area contributed by atoms with Gasteiger partial charge >= 0.3 is 0 Å². The molecule has 1 aromatic carbocycles. The molecule has 1 amide bonds. The third kappa shape index (κ3) is 4.03. The third-order valence-electron chi connectivity index (χ3n) is 2.67. The fourth-order valence-corrected chi connectivity index (χ4v) is 2.46. The molecule has 0 fully saturated rings. The van der Waals surface area contributed by atoms with Crippen LogP contribution >= 0.6 is 34.8 Å². The molecule has 0 aliphatic heterocycles. The first-order valence-corrected chi connectivity index (χ1v) is 7.71. The average Bonchev–Trinajstić information content (AvgIpc) is 2.52. The zero-order chi connectivity index (χ0) is 16.9. The number of anilines is 1. The number of aromatic nitrogens is 1. The predicted molar refractivity (Wildman–Crippen MR) is 94.1 cm³/mol. The number of nitrogens with two attached hydrogens (primary N) is 1. The Balaban J connectivity index is 0.00000116. The normalized spacial score (nSPS) is 9.73. The Hall–Kier alpha value is -1.49. The van der Waals surface area contributed by atoms with Crippen molar-refractivity contribution in [1.29, 1.82) is 0 Å². The predicted octanol–water partition coefficient (Wildman–Crippen LogP) is 4.88. The summed E-state index contributed by atoms with van der Waals surface area (Å²) in [6.45, 7) is 4.00. The number of benzene rings is 1. The summed E-state index contributed by atoms with van der Waals surface area (Å²) >= 11 is 18.2. The van der Waals surface area contributed by atoms with E-state index in [0.717, 1.165) is 0 Å². The Bertz CT molecular complexity index is 690. The highest BCUT2D eigenvalue weighted by Gasteiger charge is 2.15. The summed E-state index contributed by atoms with van der Waals surface area (Å²) in [4.78, 5) is 15.3. The van der Waals surface area contributed by atoms with Crippen LogP contribution in [0.2, 0.25) is 15.1 Å². The van der Waals surface area contributed by atoms with E-state index in [2.05, 4.69) is 10.3 Å². The highest BCUT2D eigenvalue weighted by atomic mass is 35.5. The molecule has 1 heterocycles. The summed E-state index contributed by atoms with van der Waals surface area (Å²) in [6, 6.07) is 6.44. The van der Waals surface area contributed by atoms with Crippen LogP contribution in [0, 0.1) is 0 Å². The van der Waals surface area contributed by atoms with E-state index in [1.165, 1.54) is 6.07 Å². The van der Waals surface area contributed by atoms with E-state index >= 15 is 0 Å². The van der Waals surface area contributed by atoms with Crippen molar-refractivity contribution in [3.05, 3.63) is 45.0 Å². The zero-order valence-electron chi connectivity index (χ0n) is 12.4. The van der Waals surface area contributed by atoms with Crippen molar-refractivity contribution in [3.8, 4) is 11.1 Å². The van der Waals surface area contributed by atoms with E-state index in [9.17, 15) is 4.79 Å². The molecular weight excluding hydrogens is 345 g/mol.